The number of ether oxygens (including phenoxy) is 1. The fourth-order valence-corrected chi connectivity index (χ4v) is 2.36. The number of amides is 2. The van der Waals surface area contributed by atoms with E-state index >= 15 is 0 Å². The van der Waals surface area contributed by atoms with E-state index in [-0.39, 0.29) is 17.9 Å². The van der Waals surface area contributed by atoms with Crippen LogP contribution < -0.4 is 10.6 Å². The molecule has 0 saturated carbocycles. The number of hydrogen-bond donors (Lipinski definition) is 2. The second kappa shape index (κ2) is 7.38. The van der Waals surface area contributed by atoms with Crippen LogP contribution in [-0.4, -0.2) is 56.6 Å². The van der Waals surface area contributed by atoms with Crippen molar-refractivity contribution in [3.05, 3.63) is 29.3 Å². The zero-order valence-electron chi connectivity index (χ0n) is 13.3. The number of morpholine rings is 1. The highest BCUT2D eigenvalue weighted by Crippen LogP contribution is 2.17. The van der Waals surface area contributed by atoms with Gasteiger partial charge in [-0.1, -0.05) is 6.07 Å². The van der Waals surface area contributed by atoms with E-state index in [1.165, 1.54) is 4.90 Å². The van der Waals surface area contributed by atoms with E-state index in [1.54, 1.807) is 20.2 Å². The first-order valence-electron chi connectivity index (χ1n) is 7.40. The van der Waals surface area contributed by atoms with Crippen molar-refractivity contribution in [2.24, 2.45) is 0 Å². The molecule has 6 nitrogen and oxygen atoms in total. The smallest absolute Gasteiger partial charge is 0.253 e. The molecule has 0 radical (unpaired) electrons. The summed E-state index contributed by atoms with van der Waals surface area (Å²) in [5.41, 5.74) is 2.12. The number of nitrogens with one attached hydrogen (secondary N) is 2. The van der Waals surface area contributed by atoms with E-state index in [2.05, 4.69) is 10.6 Å². The molecule has 0 aliphatic carbocycles. The second-order valence-electron chi connectivity index (χ2n) is 5.71. The largest absolute Gasteiger partial charge is 0.378 e. The highest BCUT2D eigenvalue weighted by Gasteiger charge is 2.18. The Hall–Kier alpha value is -1.92. The van der Waals surface area contributed by atoms with Gasteiger partial charge in [-0.2, -0.15) is 0 Å². The Balaban J connectivity index is 2.01. The topological polar surface area (TPSA) is 70.7 Å². The zero-order chi connectivity index (χ0) is 16.1. The predicted octanol–water partition coefficient (Wildman–Crippen LogP) is 1.01. The maximum absolute atomic E-state index is 12.1. The Kier molecular flexibility index (Phi) is 5.51. The molecule has 1 fully saturated rings. The number of carbonyl (C=O) groups is 2. The number of benzene rings is 1. The monoisotopic (exact) mass is 305 g/mol. The molecule has 0 bridgehead atoms. The Bertz CT molecular complexity index is 552. The van der Waals surface area contributed by atoms with Gasteiger partial charge in [-0.15, -0.1) is 0 Å². The number of nitrogens with zero attached hydrogens (tertiary/aromatic N) is 1. The SMILES string of the molecule is Cc1ccc(NC(=O)CC2COCCN2)cc1C(=O)N(C)C. The Morgan fingerprint density at radius 1 is 1.41 bits per heavy atom. The van der Waals surface area contributed by atoms with Crippen molar-refractivity contribution in [1.82, 2.24) is 10.2 Å². The van der Waals surface area contributed by atoms with E-state index in [0.717, 1.165) is 12.1 Å². The summed E-state index contributed by atoms with van der Waals surface area (Å²) in [5.74, 6) is -0.161. The molecule has 2 rings (SSSR count). The molecule has 1 aliphatic rings. The van der Waals surface area contributed by atoms with Crippen LogP contribution >= 0.6 is 0 Å². The van der Waals surface area contributed by atoms with Gasteiger partial charge < -0.3 is 20.3 Å². The van der Waals surface area contributed by atoms with Gasteiger partial charge in [0.1, 0.15) is 0 Å². The number of anilines is 1. The first-order valence-corrected chi connectivity index (χ1v) is 7.40. The third kappa shape index (κ3) is 4.29. The van der Waals surface area contributed by atoms with Gasteiger partial charge in [0, 0.05) is 44.4 Å². The molecule has 1 aromatic carbocycles. The molecule has 0 aromatic heterocycles. The molecule has 2 amide bonds. The average Bonchev–Trinajstić information content (AvgIpc) is 2.49. The molecule has 1 unspecified atom stereocenters. The number of carbonyl (C=O) groups excluding carboxylic acids is 2. The van der Waals surface area contributed by atoms with Gasteiger partial charge in [0.05, 0.1) is 13.2 Å². The normalized spacial score (nSPS) is 17.9. The second-order valence-corrected chi connectivity index (χ2v) is 5.71. The van der Waals surface area contributed by atoms with Gasteiger partial charge in [-0.05, 0) is 24.6 Å². The van der Waals surface area contributed by atoms with Crippen molar-refractivity contribution in [3.63, 3.8) is 0 Å². The zero-order valence-corrected chi connectivity index (χ0v) is 13.3. The van der Waals surface area contributed by atoms with E-state index in [1.807, 2.05) is 19.1 Å². The van der Waals surface area contributed by atoms with Crippen molar-refractivity contribution in [1.29, 1.82) is 0 Å². The van der Waals surface area contributed by atoms with Gasteiger partial charge in [0.25, 0.3) is 5.91 Å². The van der Waals surface area contributed by atoms with Crippen molar-refractivity contribution in [2.45, 2.75) is 19.4 Å². The van der Waals surface area contributed by atoms with Gasteiger partial charge in [0.2, 0.25) is 5.91 Å². The summed E-state index contributed by atoms with van der Waals surface area (Å²) >= 11 is 0. The fourth-order valence-electron chi connectivity index (χ4n) is 2.36. The van der Waals surface area contributed by atoms with Crippen LogP contribution in [-0.2, 0) is 9.53 Å². The fraction of sp³-hybridized carbons (Fsp3) is 0.500. The molecular formula is C16H23N3O3. The molecule has 1 atom stereocenters. The van der Waals surface area contributed by atoms with Gasteiger partial charge in [-0.3, -0.25) is 9.59 Å². The highest BCUT2D eigenvalue weighted by atomic mass is 16.5. The minimum absolute atomic E-state index is 0.0436. The molecule has 1 heterocycles. The van der Waals surface area contributed by atoms with Crippen LogP contribution in [0, 0.1) is 6.92 Å². The van der Waals surface area contributed by atoms with Crippen LogP contribution in [0.5, 0.6) is 0 Å². The molecule has 0 spiro atoms. The molecule has 1 saturated heterocycles. The first-order chi connectivity index (χ1) is 10.5. The van der Waals surface area contributed by atoms with Crippen LogP contribution in [0.4, 0.5) is 5.69 Å². The number of rotatable bonds is 4. The van der Waals surface area contributed by atoms with Crippen molar-refractivity contribution < 1.29 is 14.3 Å². The van der Waals surface area contributed by atoms with Crippen LogP contribution in [0.2, 0.25) is 0 Å². The summed E-state index contributed by atoms with van der Waals surface area (Å²) in [6, 6.07) is 5.42. The summed E-state index contributed by atoms with van der Waals surface area (Å²) < 4.78 is 5.33. The minimum Gasteiger partial charge on any atom is -0.378 e. The lowest BCUT2D eigenvalue weighted by Gasteiger charge is -2.23. The van der Waals surface area contributed by atoms with Crippen LogP contribution in [0.3, 0.4) is 0 Å². The van der Waals surface area contributed by atoms with E-state index in [4.69, 9.17) is 4.74 Å². The van der Waals surface area contributed by atoms with Gasteiger partial charge in [0.15, 0.2) is 0 Å². The quantitative estimate of drug-likeness (QED) is 0.871. The average molecular weight is 305 g/mol. The van der Waals surface area contributed by atoms with E-state index < -0.39 is 0 Å². The lowest BCUT2D eigenvalue weighted by Crippen LogP contribution is -2.43. The lowest BCUT2D eigenvalue weighted by molar-refractivity contribution is -0.117. The molecule has 22 heavy (non-hydrogen) atoms. The van der Waals surface area contributed by atoms with E-state index in [0.29, 0.717) is 30.9 Å². The standard InChI is InChI=1S/C16H23N3O3/c1-11-4-5-12(8-14(11)16(21)19(2)3)18-15(20)9-13-10-22-7-6-17-13/h4-5,8,13,17H,6-7,9-10H2,1-3H3,(H,18,20). The molecule has 2 N–H and O–H groups in total. The molecule has 120 valence electrons. The number of hydrogen-bond acceptors (Lipinski definition) is 4. The Morgan fingerprint density at radius 3 is 2.82 bits per heavy atom. The predicted molar refractivity (Wildman–Crippen MR) is 85.1 cm³/mol. The van der Waals surface area contributed by atoms with Gasteiger partial charge in [-0.25, -0.2) is 0 Å². The lowest BCUT2D eigenvalue weighted by atomic mass is 10.1. The summed E-state index contributed by atoms with van der Waals surface area (Å²) in [4.78, 5) is 25.7. The molecule has 6 heteroatoms. The molecular weight excluding hydrogens is 282 g/mol. The van der Waals surface area contributed by atoms with Crippen LogP contribution in [0.15, 0.2) is 18.2 Å². The van der Waals surface area contributed by atoms with Crippen LogP contribution in [0.1, 0.15) is 22.3 Å². The highest BCUT2D eigenvalue weighted by molar-refractivity contribution is 5.98. The third-order valence-electron chi connectivity index (χ3n) is 3.59. The summed E-state index contributed by atoms with van der Waals surface area (Å²) in [7, 11) is 3.42. The summed E-state index contributed by atoms with van der Waals surface area (Å²) in [6.45, 7) is 3.88. The first kappa shape index (κ1) is 16.5. The molecule has 1 aliphatic heterocycles. The maximum atomic E-state index is 12.1. The van der Waals surface area contributed by atoms with Crippen molar-refractivity contribution in [2.75, 3.05) is 39.2 Å². The van der Waals surface area contributed by atoms with Gasteiger partial charge >= 0.3 is 0 Å². The molecule has 1 aromatic rings. The van der Waals surface area contributed by atoms with E-state index in [9.17, 15) is 9.59 Å². The maximum Gasteiger partial charge on any atom is 0.253 e. The Labute approximate surface area is 130 Å². The summed E-state index contributed by atoms with van der Waals surface area (Å²) in [6.07, 6.45) is 0.352. The third-order valence-corrected chi connectivity index (χ3v) is 3.59. The van der Waals surface area contributed by atoms with Crippen LogP contribution in [0.25, 0.3) is 0 Å². The summed E-state index contributed by atoms with van der Waals surface area (Å²) in [5, 5.41) is 6.09. The number of aryl methyl sites for hydroxylation is 1. The van der Waals surface area contributed by atoms with Crippen molar-refractivity contribution in [3.8, 4) is 0 Å². The minimum atomic E-state index is -0.0879. The van der Waals surface area contributed by atoms with Crippen molar-refractivity contribution >= 4 is 17.5 Å². The Morgan fingerprint density at radius 2 is 2.18 bits per heavy atom.